The van der Waals surface area contributed by atoms with Crippen LogP contribution in [0.3, 0.4) is 0 Å². The highest BCUT2D eigenvalue weighted by molar-refractivity contribution is 5.07. The van der Waals surface area contributed by atoms with E-state index in [2.05, 4.69) is 43.8 Å². The SMILES string of the molecule is CC(c1ccccn1)N(C)CC(C)(C)CN. The van der Waals surface area contributed by atoms with Crippen molar-refractivity contribution in [2.24, 2.45) is 11.1 Å². The highest BCUT2D eigenvalue weighted by Crippen LogP contribution is 2.21. The Bertz CT molecular complexity index is 308. The summed E-state index contributed by atoms with van der Waals surface area (Å²) in [5.74, 6) is 0. The molecule has 3 nitrogen and oxygen atoms in total. The Labute approximate surface area is 98.7 Å². The summed E-state index contributed by atoms with van der Waals surface area (Å²) in [4.78, 5) is 6.68. The van der Waals surface area contributed by atoms with Crippen LogP contribution in [0.4, 0.5) is 0 Å². The second-order valence-electron chi connectivity index (χ2n) is 5.21. The normalized spacial score (nSPS) is 14.1. The predicted octanol–water partition coefficient (Wildman–Crippen LogP) is 2.06. The summed E-state index contributed by atoms with van der Waals surface area (Å²) < 4.78 is 0. The third kappa shape index (κ3) is 3.58. The molecule has 0 aromatic carbocycles. The van der Waals surface area contributed by atoms with Crippen LogP contribution in [0.2, 0.25) is 0 Å². The van der Waals surface area contributed by atoms with E-state index >= 15 is 0 Å². The van der Waals surface area contributed by atoms with Crippen molar-refractivity contribution in [3.8, 4) is 0 Å². The first-order valence-corrected chi connectivity index (χ1v) is 5.77. The average molecular weight is 221 g/mol. The molecule has 0 bridgehead atoms. The molecule has 0 aliphatic heterocycles. The van der Waals surface area contributed by atoms with Crippen LogP contribution in [0.15, 0.2) is 24.4 Å². The quantitative estimate of drug-likeness (QED) is 0.827. The lowest BCUT2D eigenvalue weighted by atomic mass is 9.92. The van der Waals surface area contributed by atoms with Crippen molar-refractivity contribution in [3.05, 3.63) is 30.1 Å². The van der Waals surface area contributed by atoms with Gasteiger partial charge in [-0.3, -0.25) is 9.88 Å². The molecule has 0 saturated carbocycles. The van der Waals surface area contributed by atoms with Crippen molar-refractivity contribution in [3.63, 3.8) is 0 Å². The van der Waals surface area contributed by atoms with Gasteiger partial charge in [0.1, 0.15) is 0 Å². The molecule has 3 heteroatoms. The van der Waals surface area contributed by atoms with Crippen LogP contribution < -0.4 is 5.73 Å². The molecule has 1 unspecified atom stereocenters. The number of hydrogen-bond acceptors (Lipinski definition) is 3. The number of nitrogens with two attached hydrogens (primary N) is 1. The van der Waals surface area contributed by atoms with Gasteiger partial charge in [-0.2, -0.15) is 0 Å². The lowest BCUT2D eigenvalue weighted by Crippen LogP contribution is -2.38. The van der Waals surface area contributed by atoms with Gasteiger partial charge in [-0.15, -0.1) is 0 Å². The fraction of sp³-hybridized carbons (Fsp3) is 0.615. The molecule has 0 radical (unpaired) electrons. The van der Waals surface area contributed by atoms with E-state index in [-0.39, 0.29) is 5.41 Å². The van der Waals surface area contributed by atoms with Gasteiger partial charge in [0.25, 0.3) is 0 Å². The first-order valence-electron chi connectivity index (χ1n) is 5.77. The molecular weight excluding hydrogens is 198 g/mol. The minimum Gasteiger partial charge on any atom is -0.330 e. The van der Waals surface area contributed by atoms with Crippen LogP contribution in [0.25, 0.3) is 0 Å². The standard InChI is InChI=1S/C13H23N3/c1-11(12-7-5-6-8-15-12)16(4)10-13(2,3)9-14/h5-8,11H,9-10,14H2,1-4H3. The molecule has 0 aliphatic carbocycles. The minimum atomic E-state index is 0.151. The number of nitrogens with zero attached hydrogens (tertiary/aromatic N) is 2. The monoisotopic (exact) mass is 221 g/mol. The van der Waals surface area contributed by atoms with Crippen molar-refractivity contribution in [2.45, 2.75) is 26.8 Å². The molecule has 0 amide bonds. The van der Waals surface area contributed by atoms with Crippen molar-refractivity contribution in [2.75, 3.05) is 20.1 Å². The molecule has 1 heterocycles. The summed E-state index contributed by atoms with van der Waals surface area (Å²) in [7, 11) is 2.12. The van der Waals surface area contributed by atoms with Crippen LogP contribution >= 0.6 is 0 Å². The fourth-order valence-corrected chi connectivity index (χ4v) is 1.73. The van der Waals surface area contributed by atoms with E-state index < -0.39 is 0 Å². The van der Waals surface area contributed by atoms with E-state index in [9.17, 15) is 0 Å². The second kappa shape index (κ2) is 5.41. The van der Waals surface area contributed by atoms with Crippen LogP contribution in [0, 0.1) is 5.41 Å². The summed E-state index contributed by atoms with van der Waals surface area (Å²) in [6.07, 6.45) is 1.84. The molecule has 0 fully saturated rings. The second-order valence-corrected chi connectivity index (χ2v) is 5.21. The lowest BCUT2D eigenvalue weighted by molar-refractivity contribution is 0.172. The maximum absolute atomic E-state index is 5.75. The summed E-state index contributed by atoms with van der Waals surface area (Å²) in [6, 6.07) is 6.37. The van der Waals surface area contributed by atoms with E-state index in [1.54, 1.807) is 0 Å². The number of rotatable bonds is 5. The highest BCUT2D eigenvalue weighted by atomic mass is 15.1. The first-order chi connectivity index (χ1) is 7.46. The van der Waals surface area contributed by atoms with Crippen LogP contribution in [0.5, 0.6) is 0 Å². The summed E-state index contributed by atoms with van der Waals surface area (Å²) in [5.41, 5.74) is 7.01. The first kappa shape index (κ1) is 13.1. The largest absolute Gasteiger partial charge is 0.330 e. The summed E-state index contributed by atoms with van der Waals surface area (Å²) in [6.45, 7) is 8.23. The van der Waals surface area contributed by atoms with E-state index in [4.69, 9.17) is 5.73 Å². The molecule has 1 aromatic rings. The molecule has 90 valence electrons. The zero-order valence-electron chi connectivity index (χ0n) is 10.8. The maximum Gasteiger partial charge on any atom is 0.0572 e. The van der Waals surface area contributed by atoms with Crippen molar-refractivity contribution in [1.82, 2.24) is 9.88 Å². The van der Waals surface area contributed by atoms with Crippen molar-refractivity contribution < 1.29 is 0 Å². The molecule has 0 aliphatic rings. The predicted molar refractivity (Wildman–Crippen MR) is 68.1 cm³/mol. The fourth-order valence-electron chi connectivity index (χ4n) is 1.73. The van der Waals surface area contributed by atoms with Gasteiger partial charge in [-0.25, -0.2) is 0 Å². The average Bonchev–Trinajstić information content (AvgIpc) is 2.28. The van der Waals surface area contributed by atoms with Gasteiger partial charge in [0, 0.05) is 18.8 Å². The topological polar surface area (TPSA) is 42.2 Å². The van der Waals surface area contributed by atoms with Gasteiger partial charge in [-0.1, -0.05) is 19.9 Å². The van der Waals surface area contributed by atoms with Crippen LogP contribution in [-0.4, -0.2) is 30.0 Å². The Morgan fingerprint density at radius 2 is 2.12 bits per heavy atom. The smallest absolute Gasteiger partial charge is 0.0572 e. The molecular formula is C13H23N3. The molecule has 2 N–H and O–H groups in total. The molecule has 1 rings (SSSR count). The highest BCUT2D eigenvalue weighted by Gasteiger charge is 2.21. The van der Waals surface area contributed by atoms with Crippen molar-refractivity contribution in [1.29, 1.82) is 0 Å². The van der Waals surface area contributed by atoms with Gasteiger partial charge in [0.05, 0.1) is 5.69 Å². The van der Waals surface area contributed by atoms with Crippen molar-refractivity contribution >= 4 is 0 Å². The Morgan fingerprint density at radius 1 is 1.44 bits per heavy atom. The van der Waals surface area contributed by atoms with Gasteiger partial charge < -0.3 is 5.73 Å². The Hall–Kier alpha value is -0.930. The van der Waals surface area contributed by atoms with E-state index in [0.717, 1.165) is 12.2 Å². The number of pyridine rings is 1. The molecule has 1 atom stereocenters. The third-order valence-electron chi connectivity index (χ3n) is 3.01. The molecule has 0 spiro atoms. The zero-order chi connectivity index (χ0) is 12.2. The minimum absolute atomic E-state index is 0.151. The van der Waals surface area contributed by atoms with Gasteiger partial charge in [0.2, 0.25) is 0 Å². The number of hydrogen-bond donors (Lipinski definition) is 1. The third-order valence-corrected chi connectivity index (χ3v) is 3.01. The van der Waals surface area contributed by atoms with Gasteiger partial charge in [0.15, 0.2) is 0 Å². The summed E-state index contributed by atoms with van der Waals surface area (Å²) in [5, 5.41) is 0. The summed E-state index contributed by atoms with van der Waals surface area (Å²) >= 11 is 0. The molecule has 0 saturated heterocycles. The van der Waals surface area contributed by atoms with Gasteiger partial charge >= 0.3 is 0 Å². The molecule has 1 aromatic heterocycles. The van der Waals surface area contributed by atoms with E-state index in [0.29, 0.717) is 12.6 Å². The molecule has 16 heavy (non-hydrogen) atoms. The maximum atomic E-state index is 5.75. The Kier molecular flexibility index (Phi) is 4.44. The van der Waals surface area contributed by atoms with E-state index in [1.807, 2.05) is 18.3 Å². The van der Waals surface area contributed by atoms with E-state index in [1.165, 1.54) is 0 Å². The van der Waals surface area contributed by atoms with Crippen LogP contribution in [-0.2, 0) is 0 Å². The van der Waals surface area contributed by atoms with Crippen LogP contribution in [0.1, 0.15) is 32.5 Å². The lowest BCUT2D eigenvalue weighted by Gasteiger charge is -2.32. The zero-order valence-corrected chi connectivity index (χ0v) is 10.8. The number of aromatic nitrogens is 1. The Balaban J connectivity index is 2.65. The Morgan fingerprint density at radius 3 is 2.62 bits per heavy atom. The van der Waals surface area contributed by atoms with Gasteiger partial charge in [-0.05, 0) is 38.1 Å².